The Morgan fingerprint density at radius 2 is 2.26 bits per heavy atom. The highest BCUT2D eigenvalue weighted by Crippen LogP contribution is 2.41. The number of guanidine groups is 1. The molecule has 2 unspecified atom stereocenters. The summed E-state index contributed by atoms with van der Waals surface area (Å²) < 4.78 is 5.78. The lowest BCUT2D eigenvalue weighted by Crippen LogP contribution is -2.29. The molecule has 1 aromatic heterocycles. The van der Waals surface area contributed by atoms with Gasteiger partial charge in [-0.15, -0.1) is 11.3 Å². The molecule has 0 radical (unpaired) electrons. The Morgan fingerprint density at radius 1 is 1.35 bits per heavy atom. The number of thiophene rings is 1. The highest BCUT2D eigenvalue weighted by atomic mass is 32.1. The second-order valence-electron chi connectivity index (χ2n) is 8.09. The van der Waals surface area contributed by atoms with Gasteiger partial charge in [-0.05, 0) is 43.7 Å². The number of nitrogens with one attached hydrogen (secondary N) is 2. The second-order valence-corrected chi connectivity index (χ2v) is 9.17. The molecule has 2 aliphatic heterocycles. The monoisotopic (exact) mass is 435 g/mol. The summed E-state index contributed by atoms with van der Waals surface area (Å²) in [5.41, 5.74) is 1.97. The van der Waals surface area contributed by atoms with E-state index in [-0.39, 0.29) is 24.0 Å². The minimum absolute atomic E-state index is 0.0791. The lowest BCUT2D eigenvalue weighted by Gasteiger charge is -2.25. The Bertz CT molecular complexity index is 1080. The molecule has 3 aliphatic rings. The molecule has 0 spiro atoms. The Hall–Kier alpha value is -2.97. The number of carbonyl (C=O) groups is 1. The Morgan fingerprint density at radius 3 is 3.06 bits per heavy atom. The second kappa shape index (κ2) is 8.28. The molecule has 1 amide bonds. The van der Waals surface area contributed by atoms with Crippen LogP contribution in [0.1, 0.15) is 40.0 Å². The van der Waals surface area contributed by atoms with Crippen LogP contribution in [0.3, 0.4) is 0 Å². The molecular formula is C23H25N5O2S. The van der Waals surface area contributed by atoms with Crippen molar-refractivity contribution in [3.05, 3.63) is 51.7 Å². The predicted molar refractivity (Wildman–Crippen MR) is 125 cm³/mol. The molecule has 2 aromatic rings. The van der Waals surface area contributed by atoms with Crippen molar-refractivity contribution in [1.82, 2.24) is 10.2 Å². The van der Waals surface area contributed by atoms with Crippen molar-refractivity contribution >= 4 is 41.2 Å². The number of benzene rings is 1. The van der Waals surface area contributed by atoms with Crippen LogP contribution >= 0.6 is 11.3 Å². The third-order valence-corrected chi connectivity index (χ3v) is 6.50. The van der Waals surface area contributed by atoms with Gasteiger partial charge in [0.1, 0.15) is 5.75 Å². The number of hydrogen-bond donors (Lipinski definition) is 2. The fraction of sp³-hybridized carbons (Fsp3) is 0.348. The maximum atomic E-state index is 12.8. The zero-order chi connectivity index (χ0) is 21.4. The molecule has 2 N–H and O–H groups in total. The summed E-state index contributed by atoms with van der Waals surface area (Å²) in [5.74, 6) is 1.55. The molecule has 7 nitrogen and oxygen atoms in total. The molecule has 1 saturated heterocycles. The van der Waals surface area contributed by atoms with Gasteiger partial charge in [0.2, 0.25) is 5.96 Å². The number of carbonyl (C=O) groups excluding carboxylic acids is 1. The van der Waals surface area contributed by atoms with Gasteiger partial charge in [-0.2, -0.15) is 0 Å². The van der Waals surface area contributed by atoms with Gasteiger partial charge < -0.3 is 15.0 Å². The molecule has 1 aromatic carbocycles. The maximum Gasteiger partial charge on any atom is 0.265 e. The molecular weight excluding hydrogens is 410 g/mol. The highest BCUT2D eigenvalue weighted by Gasteiger charge is 2.31. The van der Waals surface area contributed by atoms with Crippen molar-refractivity contribution in [3.63, 3.8) is 0 Å². The fourth-order valence-electron chi connectivity index (χ4n) is 3.95. The van der Waals surface area contributed by atoms with Gasteiger partial charge >= 0.3 is 0 Å². The predicted octanol–water partition coefficient (Wildman–Crippen LogP) is 3.77. The van der Waals surface area contributed by atoms with Gasteiger partial charge in [0.15, 0.2) is 0 Å². The summed E-state index contributed by atoms with van der Waals surface area (Å²) in [6.07, 6.45) is 6.25. The molecule has 0 saturated carbocycles. The van der Waals surface area contributed by atoms with E-state index in [1.54, 1.807) is 11.3 Å². The van der Waals surface area contributed by atoms with Crippen LogP contribution < -0.4 is 15.4 Å². The van der Waals surface area contributed by atoms with Crippen molar-refractivity contribution < 1.29 is 9.53 Å². The topological polar surface area (TPSA) is 78.3 Å². The normalized spacial score (nSPS) is 21.6. The zero-order valence-corrected chi connectivity index (χ0v) is 18.4. The van der Waals surface area contributed by atoms with Crippen LogP contribution in [0.5, 0.6) is 5.75 Å². The first-order valence-corrected chi connectivity index (χ1v) is 11.4. The third kappa shape index (κ3) is 4.13. The van der Waals surface area contributed by atoms with Gasteiger partial charge in [0.25, 0.3) is 5.91 Å². The van der Waals surface area contributed by atoms with Crippen LogP contribution in [-0.4, -0.2) is 48.8 Å². The van der Waals surface area contributed by atoms with E-state index >= 15 is 0 Å². The molecule has 1 aliphatic carbocycles. The van der Waals surface area contributed by atoms with Crippen molar-refractivity contribution in [2.24, 2.45) is 15.9 Å². The number of hydrogen-bond acceptors (Lipinski definition) is 7. The van der Waals surface area contributed by atoms with Crippen LogP contribution in [0.2, 0.25) is 0 Å². The zero-order valence-electron chi connectivity index (χ0n) is 17.5. The molecule has 2 atom stereocenters. The van der Waals surface area contributed by atoms with Gasteiger partial charge in [-0.25, -0.2) is 9.98 Å². The molecule has 3 heterocycles. The third-order valence-electron chi connectivity index (χ3n) is 5.40. The SMILES string of the molecule is CC(C)Oc1cccc(NC2=NC3c4cc(C(=O)N5CCNC5)sc4C=CC3C=N2)c1. The van der Waals surface area contributed by atoms with Gasteiger partial charge in [0, 0.05) is 41.9 Å². The first-order chi connectivity index (χ1) is 15.1. The average Bonchev–Trinajstić information content (AvgIpc) is 3.43. The number of aliphatic imine (C=N–C) groups is 2. The van der Waals surface area contributed by atoms with E-state index in [1.807, 2.05) is 55.3 Å². The average molecular weight is 436 g/mol. The highest BCUT2D eigenvalue weighted by molar-refractivity contribution is 7.15. The summed E-state index contributed by atoms with van der Waals surface area (Å²) in [6, 6.07) is 9.73. The summed E-state index contributed by atoms with van der Waals surface area (Å²) in [5, 5.41) is 6.51. The number of rotatable bonds is 4. The van der Waals surface area contributed by atoms with Gasteiger partial charge in [0.05, 0.1) is 23.7 Å². The summed E-state index contributed by atoms with van der Waals surface area (Å²) in [4.78, 5) is 25.9. The van der Waals surface area contributed by atoms with Gasteiger partial charge in [-0.3, -0.25) is 10.1 Å². The minimum Gasteiger partial charge on any atom is -0.491 e. The number of nitrogens with zero attached hydrogens (tertiary/aromatic N) is 3. The number of fused-ring (bicyclic) bond motifs is 3. The van der Waals surface area contributed by atoms with Crippen LogP contribution in [-0.2, 0) is 0 Å². The Balaban J connectivity index is 1.37. The van der Waals surface area contributed by atoms with E-state index in [0.29, 0.717) is 12.6 Å². The maximum absolute atomic E-state index is 12.8. The molecule has 8 heteroatoms. The molecule has 31 heavy (non-hydrogen) atoms. The molecule has 160 valence electrons. The first kappa shape index (κ1) is 20.0. The smallest absolute Gasteiger partial charge is 0.265 e. The Labute approximate surface area is 185 Å². The van der Waals surface area contributed by atoms with E-state index in [9.17, 15) is 4.79 Å². The standard InChI is InChI=1S/C23H25N5O2S/c1-14(2)30-17-5-3-4-16(10-17)26-23-25-12-15-6-7-19-18(21(15)27-23)11-20(31-19)22(29)28-9-8-24-13-28/h3-7,10-12,14-15,21,24H,8-9,13H2,1-2H3,(H,26,27). The van der Waals surface area contributed by atoms with Crippen LogP contribution in [0, 0.1) is 5.92 Å². The first-order valence-electron chi connectivity index (χ1n) is 10.5. The molecule has 5 rings (SSSR count). The number of anilines is 1. The minimum atomic E-state index is -0.0791. The lowest BCUT2D eigenvalue weighted by atomic mass is 9.89. The van der Waals surface area contributed by atoms with Crippen molar-refractivity contribution in [1.29, 1.82) is 0 Å². The van der Waals surface area contributed by atoms with E-state index in [2.05, 4.69) is 27.8 Å². The summed E-state index contributed by atoms with van der Waals surface area (Å²) in [6.45, 7) is 6.22. The van der Waals surface area contributed by atoms with E-state index in [4.69, 9.17) is 9.73 Å². The Kier molecular flexibility index (Phi) is 5.33. The largest absolute Gasteiger partial charge is 0.491 e. The summed E-state index contributed by atoms with van der Waals surface area (Å²) in [7, 11) is 0. The van der Waals surface area contributed by atoms with Gasteiger partial charge in [-0.1, -0.05) is 12.1 Å². The van der Waals surface area contributed by atoms with Crippen LogP contribution in [0.15, 0.2) is 46.4 Å². The van der Waals surface area contributed by atoms with Crippen LogP contribution in [0.25, 0.3) is 6.08 Å². The summed E-state index contributed by atoms with van der Waals surface area (Å²) >= 11 is 1.54. The number of amides is 1. The van der Waals surface area contributed by atoms with Crippen molar-refractivity contribution in [3.8, 4) is 5.75 Å². The van der Waals surface area contributed by atoms with Crippen molar-refractivity contribution in [2.75, 3.05) is 25.1 Å². The van der Waals surface area contributed by atoms with Crippen molar-refractivity contribution in [2.45, 2.75) is 26.0 Å². The van der Waals surface area contributed by atoms with E-state index in [1.165, 1.54) is 0 Å². The quantitative estimate of drug-likeness (QED) is 0.766. The van der Waals surface area contributed by atoms with E-state index < -0.39 is 0 Å². The fourth-order valence-corrected chi connectivity index (χ4v) is 5.04. The van der Waals surface area contributed by atoms with E-state index in [0.717, 1.165) is 39.8 Å². The molecule has 1 fully saturated rings. The lowest BCUT2D eigenvalue weighted by molar-refractivity contribution is 0.0796. The molecule has 0 bridgehead atoms. The number of ether oxygens (including phenoxy) is 1. The van der Waals surface area contributed by atoms with Crippen LogP contribution in [0.4, 0.5) is 5.69 Å².